The van der Waals surface area contributed by atoms with Crippen molar-refractivity contribution in [2.75, 3.05) is 7.11 Å². The molecule has 4 rings (SSSR count). The number of amides is 1. The second-order valence-corrected chi connectivity index (χ2v) is 8.67. The average Bonchev–Trinajstić information content (AvgIpc) is 2.95. The number of hydrazone groups is 1. The zero-order valence-corrected chi connectivity index (χ0v) is 22.1. The topological polar surface area (TPSA) is 95.5 Å². The molecule has 0 aliphatic carbocycles. The average molecular weight is 565 g/mol. The molecule has 10 heteroatoms. The summed E-state index contributed by atoms with van der Waals surface area (Å²) in [4.78, 5) is 25.4. The number of nitrogens with zero attached hydrogens (tertiary/aromatic N) is 1. The molecule has 1 N–H and O–H groups in total. The molecular weight excluding hydrogens is 543 g/mol. The molecule has 0 fully saturated rings. The first-order chi connectivity index (χ1) is 18.9. The van der Waals surface area contributed by atoms with Crippen molar-refractivity contribution < 1.29 is 28.5 Å². The molecule has 0 unspecified atom stereocenters. The van der Waals surface area contributed by atoms with Gasteiger partial charge in [0.2, 0.25) is 0 Å². The molecule has 198 valence electrons. The van der Waals surface area contributed by atoms with Crippen LogP contribution in [-0.2, 0) is 4.79 Å². The largest absolute Gasteiger partial charge is 0.493 e. The van der Waals surface area contributed by atoms with Crippen molar-refractivity contribution in [3.63, 3.8) is 0 Å². The van der Waals surface area contributed by atoms with Gasteiger partial charge in [0.05, 0.1) is 28.9 Å². The molecule has 0 heterocycles. The van der Waals surface area contributed by atoms with Crippen molar-refractivity contribution in [1.82, 2.24) is 5.43 Å². The van der Waals surface area contributed by atoms with Crippen molar-refractivity contribution in [2.24, 2.45) is 5.10 Å². The van der Waals surface area contributed by atoms with Gasteiger partial charge in [-0.25, -0.2) is 10.2 Å². The molecule has 0 saturated heterocycles. The highest BCUT2D eigenvalue weighted by Gasteiger charge is 2.22. The second kappa shape index (κ2) is 13.3. The summed E-state index contributed by atoms with van der Waals surface area (Å²) >= 11 is 11.9. The molecule has 4 aromatic rings. The lowest BCUT2D eigenvalue weighted by molar-refractivity contribution is -0.140. The van der Waals surface area contributed by atoms with Gasteiger partial charge in [0.25, 0.3) is 0 Å². The molecule has 8 nitrogen and oxygen atoms in total. The summed E-state index contributed by atoms with van der Waals surface area (Å²) in [6.45, 7) is 0. The number of halogens is 2. The van der Waals surface area contributed by atoms with Gasteiger partial charge in [0.1, 0.15) is 11.5 Å². The van der Waals surface area contributed by atoms with E-state index in [4.69, 9.17) is 42.1 Å². The number of carbonyl (C=O) groups excluding carboxylic acids is 2. The number of carbonyl (C=O) groups is 2. The van der Waals surface area contributed by atoms with Crippen molar-refractivity contribution in [2.45, 2.75) is 6.29 Å². The van der Waals surface area contributed by atoms with E-state index in [2.05, 4.69) is 10.5 Å². The summed E-state index contributed by atoms with van der Waals surface area (Å²) in [7, 11) is 1.43. The molecule has 0 bridgehead atoms. The van der Waals surface area contributed by atoms with Gasteiger partial charge in [-0.3, -0.25) is 4.79 Å². The fraction of sp³-hybridized carbons (Fsp3) is 0.0690. The molecule has 0 spiro atoms. The standard InChI is InChI=1S/C29H22Cl2N2O6/c1-36-26-16-19(12-15-25(26)39-28(35)20-13-14-23(30)24(31)17-20)18-32-33-27(34)29(37-21-8-4-2-5-9-21)38-22-10-6-3-7-11-22/h2-18,29H,1H3,(H,33,34)/b32-18-. The highest BCUT2D eigenvalue weighted by Crippen LogP contribution is 2.29. The Kier molecular flexibility index (Phi) is 9.39. The van der Waals surface area contributed by atoms with Crippen LogP contribution in [0, 0.1) is 0 Å². The summed E-state index contributed by atoms with van der Waals surface area (Å²) in [6.07, 6.45) is 0.0947. The van der Waals surface area contributed by atoms with E-state index in [9.17, 15) is 9.59 Å². The maximum absolute atomic E-state index is 12.8. The lowest BCUT2D eigenvalue weighted by Gasteiger charge is -2.18. The van der Waals surface area contributed by atoms with Crippen LogP contribution in [0.4, 0.5) is 0 Å². The van der Waals surface area contributed by atoms with Gasteiger partial charge in [-0.1, -0.05) is 59.6 Å². The van der Waals surface area contributed by atoms with Crippen molar-refractivity contribution in [1.29, 1.82) is 0 Å². The lowest BCUT2D eigenvalue weighted by Crippen LogP contribution is -2.40. The Balaban J connectivity index is 1.43. The van der Waals surface area contributed by atoms with Crippen LogP contribution in [0.2, 0.25) is 10.0 Å². The Labute approximate surface area is 234 Å². The third-order valence-electron chi connectivity index (χ3n) is 5.12. The highest BCUT2D eigenvalue weighted by molar-refractivity contribution is 6.42. The Hall–Kier alpha value is -4.53. The smallest absolute Gasteiger partial charge is 0.343 e. The number of nitrogens with one attached hydrogen (secondary N) is 1. The van der Waals surface area contributed by atoms with Crippen LogP contribution >= 0.6 is 23.2 Å². The van der Waals surface area contributed by atoms with Crippen LogP contribution in [0.25, 0.3) is 0 Å². The molecule has 0 radical (unpaired) electrons. The summed E-state index contributed by atoms with van der Waals surface area (Å²) in [5, 5.41) is 4.56. The number of para-hydroxylation sites is 2. The first-order valence-electron chi connectivity index (χ1n) is 11.5. The van der Waals surface area contributed by atoms with Crippen LogP contribution in [-0.4, -0.2) is 31.5 Å². The van der Waals surface area contributed by atoms with E-state index in [0.29, 0.717) is 22.1 Å². The predicted molar refractivity (Wildman–Crippen MR) is 148 cm³/mol. The number of benzene rings is 4. The van der Waals surface area contributed by atoms with Crippen LogP contribution in [0.5, 0.6) is 23.0 Å². The molecule has 0 aliphatic rings. The number of methoxy groups -OCH3 is 1. The summed E-state index contributed by atoms with van der Waals surface area (Å²) in [6, 6.07) is 26.8. The minimum Gasteiger partial charge on any atom is -0.493 e. The maximum Gasteiger partial charge on any atom is 0.343 e. The van der Waals surface area contributed by atoms with Crippen LogP contribution in [0.3, 0.4) is 0 Å². The number of ether oxygens (including phenoxy) is 4. The maximum atomic E-state index is 12.8. The number of rotatable bonds is 10. The van der Waals surface area contributed by atoms with Gasteiger partial charge in [0, 0.05) is 0 Å². The Bertz CT molecular complexity index is 1420. The SMILES string of the molecule is COc1cc(/C=N\NC(=O)C(Oc2ccccc2)Oc2ccccc2)ccc1OC(=O)c1ccc(Cl)c(Cl)c1. The summed E-state index contributed by atoms with van der Waals surface area (Å²) in [5.41, 5.74) is 3.21. The van der Waals surface area contributed by atoms with Crippen molar-refractivity contribution >= 4 is 41.3 Å². The molecule has 0 aliphatic heterocycles. The number of esters is 1. The van der Waals surface area contributed by atoms with Crippen molar-refractivity contribution in [3.05, 3.63) is 118 Å². The van der Waals surface area contributed by atoms with E-state index in [1.54, 1.807) is 60.7 Å². The summed E-state index contributed by atoms with van der Waals surface area (Å²) in [5.74, 6) is 0.0989. The molecule has 0 aromatic heterocycles. The molecule has 4 aromatic carbocycles. The Morgan fingerprint density at radius 3 is 2.03 bits per heavy atom. The minimum absolute atomic E-state index is 0.183. The van der Waals surface area contributed by atoms with Crippen LogP contribution < -0.4 is 24.4 Å². The van der Waals surface area contributed by atoms with Gasteiger partial charge in [0.15, 0.2) is 11.5 Å². The first-order valence-corrected chi connectivity index (χ1v) is 12.3. The third kappa shape index (κ3) is 7.73. The predicted octanol–water partition coefficient (Wildman–Crippen LogP) is 6.16. The van der Waals surface area contributed by atoms with E-state index >= 15 is 0 Å². The van der Waals surface area contributed by atoms with Crippen LogP contribution in [0.1, 0.15) is 15.9 Å². The van der Waals surface area contributed by atoms with Gasteiger partial charge in [-0.05, 0) is 66.2 Å². The van der Waals surface area contributed by atoms with Gasteiger partial charge in [-0.15, -0.1) is 0 Å². The number of hydrogen-bond acceptors (Lipinski definition) is 7. The zero-order chi connectivity index (χ0) is 27.6. The third-order valence-corrected chi connectivity index (χ3v) is 5.86. The second-order valence-electron chi connectivity index (χ2n) is 7.86. The van der Waals surface area contributed by atoms with E-state index in [-0.39, 0.29) is 22.1 Å². The van der Waals surface area contributed by atoms with E-state index in [1.165, 1.54) is 37.6 Å². The lowest BCUT2D eigenvalue weighted by atomic mass is 10.2. The molecule has 0 atom stereocenters. The normalized spacial score (nSPS) is 10.8. The fourth-order valence-corrected chi connectivity index (χ4v) is 3.53. The Morgan fingerprint density at radius 1 is 0.795 bits per heavy atom. The first kappa shape index (κ1) is 27.5. The summed E-state index contributed by atoms with van der Waals surface area (Å²) < 4.78 is 22.3. The highest BCUT2D eigenvalue weighted by atomic mass is 35.5. The fourth-order valence-electron chi connectivity index (χ4n) is 3.23. The molecule has 1 amide bonds. The van der Waals surface area contributed by atoms with Gasteiger partial charge < -0.3 is 18.9 Å². The Morgan fingerprint density at radius 2 is 1.44 bits per heavy atom. The van der Waals surface area contributed by atoms with Gasteiger partial charge in [-0.2, -0.15) is 5.10 Å². The monoisotopic (exact) mass is 564 g/mol. The van der Waals surface area contributed by atoms with E-state index in [1.807, 2.05) is 12.1 Å². The van der Waals surface area contributed by atoms with Crippen LogP contribution in [0.15, 0.2) is 102 Å². The van der Waals surface area contributed by atoms with Crippen molar-refractivity contribution in [3.8, 4) is 23.0 Å². The van der Waals surface area contributed by atoms with E-state index < -0.39 is 18.2 Å². The minimum atomic E-state index is -1.30. The zero-order valence-electron chi connectivity index (χ0n) is 20.5. The molecular formula is C29H22Cl2N2O6. The molecule has 0 saturated carbocycles. The number of hydrogen-bond donors (Lipinski definition) is 1. The van der Waals surface area contributed by atoms with E-state index in [0.717, 1.165) is 0 Å². The van der Waals surface area contributed by atoms with Gasteiger partial charge >= 0.3 is 18.2 Å². The molecule has 39 heavy (non-hydrogen) atoms. The quantitative estimate of drug-likeness (QED) is 0.0815.